The summed E-state index contributed by atoms with van der Waals surface area (Å²) in [4.78, 5) is 25.9. The van der Waals surface area contributed by atoms with Crippen LogP contribution in [0.4, 0.5) is 5.69 Å². The van der Waals surface area contributed by atoms with Crippen molar-refractivity contribution in [3.63, 3.8) is 0 Å². The molecule has 0 spiro atoms. The molecule has 0 atom stereocenters. The Morgan fingerprint density at radius 1 is 1.00 bits per heavy atom. The van der Waals surface area contributed by atoms with Crippen LogP contribution in [0.2, 0.25) is 0 Å². The van der Waals surface area contributed by atoms with Crippen molar-refractivity contribution in [1.29, 1.82) is 0 Å². The number of benzene rings is 2. The topological polar surface area (TPSA) is 63.4 Å². The number of amides is 2. The molecule has 0 saturated carbocycles. The Hall–Kier alpha value is -2.62. The monoisotopic (exact) mass is 266 g/mol. The van der Waals surface area contributed by atoms with Crippen LogP contribution in [0.5, 0.6) is 0 Å². The molecule has 0 bridgehead atoms. The minimum Gasteiger partial charge on any atom is -0.399 e. The summed E-state index contributed by atoms with van der Waals surface area (Å²) in [5.74, 6) is -0.483. The number of hydrogen-bond donors (Lipinski definition) is 1. The summed E-state index contributed by atoms with van der Waals surface area (Å²) in [6, 6.07) is 12.5. The zero-order chi connectivity index (χ0) is 14.3. The van der Waals surface area contributed by atoms with Gasteiger partial charge in [0.1, 0.15) is 0 Å². The molecule has 2 amide bonds. The van der Waals surface area contributed by atoms with Gasteiger partial charge >= 0.3 is 0 Å². The molecule has 20 heavy (non-hydrogen) atoms. The predicted molar refractivity (Wildman–Crippen MR) is 76.2 cm³/mol. The average Bonchev–Trinajstić information content (AvgIpc) is 2.64. The number of nitrogen functional groups attached to an aromatic ring is 1. The van der Waals surface area contributed by atoms with Crippen molar-refractivity contribution in [2.24, 2.45) is 0 Å². The van der Waals surface area contributed by atoms with E-state index in [9.17, 15) is 9.59 Å². The fourth-order valence-corrected chi connectivity index (χ4v) is 2.42. The maximum absolute atomic E-state index is 12.3. The van der Waals surface area contributed by atoms with Crippen molar-refractivity contribution in [3.05, 3.63) is 64.7 Å². The van der Waals surface area contributed by atoms with Crippen LogP contribution in [0.1, 0.15) is 31.8 Å². The number of carbonyl (C=O) groups excluding carboxylic acids is 2. The lowest BCUT2D eigenvalue weighted by atomic mass is 10.1. The molecule has 100 valence electrons. The molecule has 2 aromatic carbocycles. The summed E-state index contributed by atoms with van der Waals surface area (Å²) in [5.41, 5.74) is 9.11. The van der Waals surface area contributed by atoms with E-state index in [0.717, 1.165) is 11.1 Å². The van der Waals surface area contributed by atoms with Crippen molar-refractivity contribution in [1.82, 2.24) is 4.90 Å². The van der Waals surface area contributed by atoms with Crippen LogP contribution in [-0.2, 0) is 6.54 Å². The Morgan fingerprint density at radius 2 is 1.75 bits per heavy atom. The first-order valence-corrected chi connectivity index (χ1v) is 6.37. The third-order valence-corrected chi connectivity index (χ3v) is 3.42. The lowest BCUT2D eigenvalue weighted by molar-refractivity contribution is 0.0642. The molecule has 0 aliphatic carbocycles. The highest BCUT2D eigenvalue weighted by Gasteiger charge is 2.35. The van der Waals surface area contributed by atoms with Gasteiger partial charge < -0.3 is 5.73 Å². The molecule has 0 fully saturated rings. The highest BCUT2D eigenvalue weighted by atomic mass is 16.2. The first-order valence-electron chi connectivity index (χ1n) is 6.37. The van der Waals surface area contributed by atoms with Crippen LogP contribution < -0.4 is 5.73 Å². The number of imide groups is 1. The van der Waals surface area contributed by atoms with E-state index in [4.69, 9.17) is 5.73 Å². The fourth-order valence-electron chi connectivity index (χ4n) is 2.42. The molecule has 3 rings (SSSR count). The van der Waals surface area contributed by atoms with Crippen LogP contribution in [0, 0.1) is 6.92 Å². The number of anilines is 1. The second-order valence-corrected chi connectivity index (χ2v) is 4.99. The maximum atomic E-state index is 12.3. The van der Waals surface area contributed by atoms with Gasteiger partial charge in [0.15, 0.2) is 0 Å². The van der Waals surface area contributed by atoms with E-state index in [-0.39, 0.29) is 18.4 Å². The number of hydrogen-bond acceptors (Lipinski definition) is 3. The number of nitrogens with two attached hydrogens (primary N) is 1. The zero-order valence-electron chi connectivity index (χ0n) is 11.1. The lowest BCUT2D eigenvalue weighted by Crippen LogP contribution is -2.29. The first kappa shape index (κ1) is 12.4. The van der Waals surface area contributed by atoms with Gasteiger partial charge in [-0.3, -0.25) is 14.5 Å². The second-order valence-electron chi connectivity index (χ2n) is 4.99. The maximum Gasteiger partial charge on any atom is 0.261 e. The summed E-state index contributed by atoms with van der Waals surface area (Å²) in [7, 11) is 0. The molecule has 0 unspecified atom stereocenters. The van der Waals surface area contributed by atoms with Gasteiger partial charge in [-0.05, 0) is 36.8 Å². The molecular formula is C16H14N2O2. The van der Waals surface area contributed by atoms with E-state index < -0.39 is 0 Å². The molecule has 4 heteroatoms. The predicted octanol–water partition coefficient (Wildman–Crippen LogP) is 2.37. The number of aryl methyl sites for hydroxylation is 1. The van der Waals surface area contributed by atoms with Gasteiger partial charge in [0.05, 0.1) is 17.7 Å². The van der Waals surface area contributed by atoms with Gasteiger partial charge in [-0.15, -0.1) is 0 Å². The van der Waals surface area contributed by atoms with Gasteiger partial charge in [-0.1, -0.05) is 23.8 Å². The fraction of sp³-hybridized carbons (Fsp3) is 0.125. The SMILES string of the molecule is Cc1ccc2c(c1)C(=O)N(Cc1cccc(N)c1)C2=O. The quantitative estimate of drug-likeness (QED) is 0.670. The van der Waals surface area contributed by atoms with E-state index >= 15 is 0 Å². The van der Waals surface area contributed by atoms with Crippen molar-refractivity contribution in [2.45, 2.75) is 13.5 Å². The molecule has 1 aliphatic rings. The van der Waals surface area contributed by atoms with Crippen LogP contribution in [0.3, 0.4) is 0 Å². The number of fused-ring (bicyclic) bond motifs is 1. The number of rotatable bonds is 2. The van der Waals surface area contributed by atoms with Crippen LogP contribution in [0.15, 0.2) is 42.5 Å². The van der Waals surface area contributed by atoms with Crippen molar-refractivity contribution in [2.75, 3.05) is 5.73 Å². The van der Waals surface area contributed by atoms with Gasteiger partial charge in [0.25, 0.3) is 11.8 Å². The van der Waals surface area contributed by atoms with Crippen LogP contribution in [0.25, 0.3) is 0 Å². The highest BCUT2D eigenvalue weighted by molar-refractivity contribution is 6.21. The van der Waals surface area contributed by atoms with Gasteiger partial charge in [0, 0.05) is 5.69 Å². The Morgan fingerprint density at radius 3 is 2.50 bits per heavy atom. The van der Waals surface area contributed by atoms with E-state index in [0.29, 0.717) is 16.8 Å². The highest BCUT2D eigenvalue weighted by Crippen LogP contribution is 2.25. The lowest BCUT2D eigenvalue weighted by Gasteiger charge is -2.14. The van der Waals surface area contributed by atoms with Crippen molar-refractivity contribution < 1.29 is 9.59 Å². The van der Waals surface area contributed by atoms with Gasteiger partial charge in [-0.2, -0.15) is 0 Å². The third-order valence-electron chi connectivity index (χ3n) is 3.42. The van der Waals surface area contributed by atoms with Crippen LogP contribution in [-0.4, -0.2) is 16.7 Å². The minimum absolute atomic E-state index is 0.240. The summed E-state index contributed by atoms with van der Waals surface area (Å²) in [6.07, 6.45) is 0. The summed E-state index contributed by atoms with van der Waals surface area (Å²) >= 11 is 0. The zero-order valence-corrected chi connectivity index (χ0v) is 11.1. The summed E-state index contributed by atoms with van der Waals surface area (Å²) < 4.78 is 0. The molecule has 0 radical (unpaired) electrons. The van der Waals surface area contributed by atoms with Gasteiger partial charge in [0.2, 0.25) is 0 Å². The third kappa shape index (κ3) is 1.95. The molecule has 0 aromatic heterocycles. The van der Waals surface area contributed by atoms with E-state index in [1.807, 2.05) is 25.1 Å². The Labute approximate surface area is 116 Å². The molecule has 4 nitrogen and oxygen atoms in total. The molecule has 0 saturated heterocycles. The summed E-state index contributed by atoms with van der Waals surface area (Å²) in [5, 5.41) is 0. The largest absolute Gasteiger partial charge is 0.399 e. The van der Waals surface area contributed by atoms with Crippen LogP contribution >= 0.6 is 0 Å². The molecular weight excluding hydrogens is 252 g/mol. The summed E-state index contributed by atoms with van der Waals surface area (Å²) in [6.45, 7) is 2.15. The average molecular weight is 266 g/mol. The number of carbonyl (C=O) groups is 2. The normalized spacial score (nSPS) is 13.8. The first-order chi connectivity index (χ1) is 9.56. The van der Waals surface area contributed by atoms with E-state index in [2.05, 4.69) is 0 Å². The smallest absolute Gasteiger partial charge is 0.261 e. The van der Waals surface area contributed by atoms with E-state index in [1.54, 1.807) is 24.3 Å². The van der Waals surface area contributed by atoms with Gasteiger partial charge in [-0.25, -0.2) is 0 Å². The molecule has 1 heterocycles. The van der Waals surface area contributed by atoms with Crippen molar-refractivity contribution in [3.8, 4) is 0 Å². The second kappa shape index (κ2) is 4.49. The minimum atomic E-state index is -0.243. The van der Waals surface area contributed by atoms with Crippen molar-refractivity contribution >= 4 is 17.5 Å². The Kier molecular flexibility index (Phi) is 2.79. The Balaban J connectivity index is 1.94. The molecule has 2 N–H and O–H groups in total. The Bertz CT molecular complexity index is 722. The molecule has 1 aliphatic heterocycles. The van der Waals surface area contributed by atoms with E-state index in [1.165, 1.54) is 4.90 Å². The number of nitrogens with zero attached hydrogens (tertiary/aromatic N) is 1. The standard InChI is InChI=1S/C16H14N2O2/c1-10-5-6-13-14(7-10)16(20)18(15(13)19)9-11-3-2-4-12(17)8-11/h2-8H,9,17H2,1H3. The molecule has 2 aromatic rings.